The van der Waals surface area contributed by atoms with Crippen LogP contribution < -0.4 is 5.73 Å². The van der Waals surface area contributed by atoms with E-state index in [4.69, 9.17) is 5.73 Å². The number of rotatable bonds is 0. The number of hydrogen-bond acceptors (Lipinski definition) is 1. The highest BCUT2D eigenvalue weighted by atomic mass is 79.9. The van der Waals surface area contributed by atoms with Crippen molar-refractivity contribution < 1.29 is 4.39 Å². The van der Waals surface area contributed by atoms with E-state index in [9.17, 15) is 4.39 Å². The molecule has 0 bridgehead atoms. The number of nitrogens with two attached hydrogens (primary N) is 1. The summed E-state index contributed by atoms with van der Waals surface area (Å²) in [4.78, 5) is 0. The molecular formula is C7H7BrFN. The van der Waals surface area contributed by atoms with Crippen molar-refractivity contribution in [1.29, 1.82) is 0 Å². The van der Waals surface area contributed by atoms with Crippen LogP contribution in [0, 0.1) is 12.7 Å². The molecule has 0 aromatic heterocycles. The van der Waals surface area contributed by atoms with Gasteiger partial charge >= 0.3 is 0 Å². The molecule has 0 heterocycles. The van der Waals surface area contributed by atoms with Crippen molar-refractivity contribution in [3.8, 4) is 0 Å². The van der Waals surface area contributed by atoms with Crippen LogP contribution in [0.25, 0.3) is 0 Å². The van der Waals surface area contributed by atoms with Gasteiger partial charge in [-0.15, -0.1) is 0 Å². The summed E-state index contributed by atoms with van der Waals surface area (Å²) in [6.07, 6.45) is 0. The van der Waals surface area contributed by atoms with Gasteiger partial charge in [-0.2, -0.15) is 0 Å². The highest BCUT2D eigenvalue weighted by Crippen LogP contribution is 2.21. The smallest absolute Gasteiger partial charge is 0.140 e. The minimum atomic E-state index is -0.241. The zero-order valence-electron chi connectivity index (χ0n) is 5.49. The molecule has 0 spiro atoms. The maximum Gasteiger partial charge on any atom is 0.140 e. The summed E-state index contributed by atoms with van der Waals surface area (Å²) in [6.45, 7) is 1.68. The molecule has 0 aliphatic rings. The van der Waals surface area contributed by atoms with E-state index in [-0.39, 0.29) is 5.82 Å². The lowest BCUT2D eigenvalue weighted by Crippen LogP contribution is -1.89. The van der Waals surface area contributed by atoms with Crippen molar-refractivity contribution in [3.63, 3.8) is 0 Å². The Labute approximate surface area is 67.2 Å². The van der Waals surface area contributed by atoms with Gasteiger partial charge in [0.25, 0.3) is 0 Å². The van der Waals surface area contributed by atoms with E-state index in [1.54, 1.807) is 19.1 Å². The lowest BCUT2D eigenvalue weighted by Gasteiger charge is -1.99. The molecule has 3 heteroatoms. The van der Waals surface area contributed by atoms with Crippen molar-refractivity contribution in [2.45, 2.75) is 6.92 Å². The standard InChI is InChI=1S/C7H7BrFN/c1-4-2-5(10)3-6(8)7(4)9/h2-3H,10H2,1H3. The lowest BCUT2D eigenvalue weighted by atomic mass is 10.2. The Balaban J connectivity index is 3.31. The van der Waals surface area contributed by atoms with Crippen molar-refractivity contribution >= 4 is 21.6 Å². The van der Waals surface area contributed by atoms with Crippen LogP contribution in [-0.2, 0) is 0 Å². The van der Waals surface area contributed by atoms with Crippen LogP contribution in [0.15, 0.2) is 16.6 Å². The highest BCUT2D eigenvalue weighted by Gasteiger charge is 2.02. The van der Waals surface area contributed by atoms with Gasteiger partial charge in [-0.25, -0.2) is 4.39 Å². The van der Waals surface area contributed by atoms with Crippen LogP contribution in [0.5, 0.6) is 0 Å². The molecule has 1 rings (SSSR count). The number of anilines is 1. The molecule has 0 aliphatic carbocycles. The molecule has 0 aliphatic heterocycles. The SMILES string of the molecule is Cc1cc(N)cc(Br)c1F. The molecule has 0 saturated heterocycles. The largest absolute Gasteiger partial charge is 0.399 e. The van der Waals surface area contributed by atoms with Crippen LogP contribution in [0.2, 0.25) is 0 Å². The van der Waals surface area contributed by atoms with Crippen molar-refractivity contribution in [2.24, 2.45) is 0 Å². The summed E-state index contributed by atoms with van der Waals surface area (Å²) in [5.41, 5.74) is 6.57. The summed E-state index contributed by atoms with van der Waals surface area (Å²) < 4.78 is 13.2. The van der Waals surface area contributed by atoms with Gasteiger partial charge in [0.1, 0.15) is 5.82 Å². The third-order valence-electron chi connectivity index (χ3n) is 1.23. The first kappa shape index (κ1) is 7.54. The third kappa shape index (κ3) is 1.29. The zero-order chi connectivity index (χ0) is 7.72. The molecule has 0 radical (unpaired) electrons. The second-order valence-electron chi connectivity index (χ2n) is 2.13. The van der Waals surface area contributed by atoms with Crippen molar-refractivity contribution in [3.05, 3.63) is 28.0 Å². The van der Waals surface area contributed by atoms with E-state index in [2.05, 4.69) is 15.9 Å². The Morgan fingerprint density at radius 3 is 2.60 bits per heavy atom. The third-order valence-corrected chi connectivity index (χ3v) is 1.81. The van der Waals surface area contributed by atoms with E-state index in [1.807, 2.05) is 0 Å². The maximum absolute atomic E-state index is 12.8. The van der Waals surface area contributed by atoms with Gasteiger partial charge < -0.3 is 5.73 Å². The molecule has 1 aromatic rings. The number of nitrogen functional groups attached to an aromatic ring is 1. The number of halogens is 2. The molecule has 0 saturated carbocycles. The van der Waals surface area contributed by atoms with Gasteiger partial charge in [-0.05, 0) is 40.5 Å². The lowest BCUT2D eigenvalue weighted by molar-refractivity contribution is 0.612. The first-order chi connectivity index (χ1) is 4.61. The second-order valence-corrected chi connectivity index (χ2v) is 2.99. The van der Waals surface area contributed by atoms with E-state index in [0.717, 1.165) is 0 Å². The number of benzene rings is 1. The fraction of sp³-hybridized carbons (Fsp3) is 0.143. The average Bonchev–Trinajstić information content (AvgIpc) is 1.82. The Hall–Kier alpha value is -0.570. The minimum Gasteiger partial charge on any atom is -0.399 e. The molecule has 0 atom stereocenters. The summed E-state index contributed by atoms with van der Waals surface area (Å²) in [7, 11) is 0. The summed E-state index contributed by atoms with van der Waals surface area (Å²) in [5, 5.41) is 0. The van der Waals surface area contributed by atoms with Crippen molar-refractivity contribution in [2.75, 3.05) is 5.73 Å². The molecule has 10 heavy (non-hydrogen) atoms. The summed E-state index contributed by atoms with van der Waals surface area (Å²) >= 11 is 3.04. The van der Waals surface area contributed by atoms with Gasteiger partial charge in [0.2, 0.25) is 0 Å². The predicted molar refractivity (Wildman–Crippen MR) is 43.2 cm³/mol. The molecule has 2 N–H and O–H groups in total. The molecular weight excluding hydrogens is 197 g/mol. The molecule has 1 nitrogen and oxygen atoms in total. The normalized spacial score (nSPS) is 9.90. The van der Waals surface area contributed by atoms with Gasteiger partial charge in [0.05, 0.1) is 4.47 Å². The molecule has 1 aromatic carbocycles. The first-order valence-electron chi connectivity index (χ1n) is 2.82. The summed E-state index contributed by atoms with van der Waals surface area (Å²) in [5.74, 6) is -0.241. The van der Waals surface area contributed by atoms with E-state index >= 15 is 0 Å². The van der Waals surface area contributed by atoms with E-state index in [0.29, 0.717) is 15.7 Å². The zero-order valence-corrected chi connectivity index (χ0v) is 7.07. The summed E-state index contributed by atoms with van der Waals surface area (Å²) in [6, 6.07) is 3.14. The van der Waals surface area contributed by atoms with Crippen LogP contribution in [0.3, 0.4) is 0 Å². The molecule has 0 amide bonds. The minimum absolute atomic E-state index is 0.241. The molecule has 54 valence electrons. The fourth-order valence-corrected chi connectivity index (χ4v) is 1.33. The van der Waals surface area contributed by atoms with Gasteiger partial charge in [0.15, 0.2) is 0 Å². The van der Waals surface area contributed by atoms with Gasteiger partial charge in [-0.3, -0.25) is 0 Å². The van der Waals surface area contributed by atoms with Gasteiger partial charge in [0, 0.05) is 5.69 Å². The van der Waals surface area contributed by atoms with Crippen LogP contribution in [0.4, 0.5) is 10.1 Å². The second kappa shape index (κ2) is 2.58. The number of aryl methyl sites for hydroxylation is 1. The Kier molecular flexibility index (Phi) is 1.94. The number of hydrogen-bond donors (Lipinski definition) is 1. The van der Waals surface area contributed by atoms with Crippen LogP contribution in [0.1, 0.15) is 5.56 Å². The van der Waals surface area contributed by atoms with E-state index in [1.165, 1.54) is 0 Å². The Bertz CT molecular complexity index is 237. The predicted octanol–water partition coefficient (Wildman–Crippen LogP) is 2.48. The topological polar surface area (TPSA) is 26.0 Å². The van der Waals surface area contributed by atoms with Crippen molar-refractivity contribution in [1.82, 2.24) is 0 Å². The molecule has 0 unspecified atom stereocenters. The van der Waals surface area contributed by atoms with Crippen LogP contribution in [-0.4, -0.2) is 0 Å². The monoisotopic (exact) mass is 203 g/mol. The van der Waals surface area contributed by atoms with E-state index < -0.39 is 0 Å². The maximum atomic E-state index is 12.8. The average molecular weight is 204 g/mol. The molecule has 0 fully saturated rings. The Morgan fingerprint density at radius 1 is 1.50 bits per heavy atom. The fourth-order valence-electron chi connectivity index (χ4n) is 0.753. The highest BCUT2D eigenvalue weighted by molar-refractivity contribution is 9.10. The quantitative estimate of drug-likeness (QED) is 0.645. The first-order valence-corrected chi connectivity index (χ1v) is 3.61. The Morgan fingerprint density at radius 2 is 2.10 bits per heavy atom. The van der Waals surface area contributed by atoms with Gasteiger partial charge in [-0.1, -0.05) is 0 Å². The van der Waals surface area contributed by atoms with Crippen LogP contribution >= 0.6 is 15.9 Å².